The largest absolute Gasteiger partial charge is 0.356 e. The maximum absolute atomic E-state index is 3.53. The maximum atomic E-state index is 3.53. The summed E-state index contributed by atoms with van der Waals surface area (Å²) in [4.78, 5) is 0. The molecule has 166 valence electrons. The molecule has 5 aromatic carbocycles. The van der Waals surface area contributed by atoms with Gasteiger partial charge in [0.15, 0.2) is 0 Å². The van der Waals surface area contributed by atoms with E-state index in [-0.39, 0.29) is 0 Å². The molecule has 0 radical (unpaired) electrons. The lowest BCUT2D eigenvalue weighted by atomic mass is 10.0. The number of quaternary nitrogens is 1. The first-order valence-electron chi connectivity index (χ1n) is 11.7. The number of nitrogens with one attached hydrogen (secondary N) is 1. The molecule has 0 fully saturated rings. The van der Waals surface area contributed by atoms with E-state index >= 15 is 0 Å². The smallest absolute Gasteiger partial charge is 0.148 e. The van der Waals surface area contributed by atoms with Gasteiger partial charge in [-0.2, -0.15) is 4.48 Å². The van der Waals surface area contributed by atoms with Gasteiger partial charge in [0.1, 0.15) is 22.7 Å². The van der Waals surface area contributed by atoms with Crippen molar-refractivity contribution in [3.05, 3.63) is 145 Å². The number of hydrogen-bond donors (Lipinski definition) is 1. The Kier molecular flexibility index (Phi) is 5.99. The standard InChI is InChI=1S/C32H29N2/c1-25-13-17-27(18-14-25)33-28-19-23-32(24-20-28)34(29-9-5-3-6-10-29,30-11-7-4-8-12-30)31-21-15-26(2)16-22-31/h3-24,33H,1-2H3/q+1. The van der Waals surface area contributed by atoms with Crippen LogP contribution in [0.2, 0.25) is 0 Å². The predicted octanol–water partition coefficient (Wildman–Crippen LogP) is 9.35. The molecular formula is C32H29N2+. The SMILES string of the molecule is Cc1ccc(Nc2ccc([N+](c3ccccc3)(c3ccccc3)c3ccc(C)cc3)cc2)cc1. The molecule has 5 aromatic rings. The van der Waals surface area contributed by atoms with Gasteiger partial charge in [-0.1, -0.05) is 71.8 Å². The summed E-state index contributed by atoms with van der Waals surface area (Å²) < 4.78 is 0.507. The molecule has 0 heterocycles. The Morgan fingerprint density at radius 3 is 1.15 bits per heavy atom. The molecule has 0 spiro atoms. The predicted molar refractivity (Wildman–Crippen MR) is 146 cm³/mol. The molecule has 0 aliphatic heterocycles. The molecule has 0 bridgehead atoms. The fourth-order valence-corrected chi connectivity index (χ4v) is 4.54. The molecule has 5 rings (SSSR count). The quantitative estimate of drug-likeness (QED) is 0.259. The average molecular weight is 442 g/mol. The summed E-state index contributed by atoms with van der Waals surface area (Å²) in [5.41, 5.74) is 9.42. The van der Waals surface area contributed by atoms with Crippen LogP contribution >= 0.6 is 0 Å². The van der Waals surface area contributed by atoms with Crippen LogP contribution in [-0.4, -0.2) is 0 Å². The molecule has 0 aliphatic rings. The highest BCUT2D eigenvalue weighted by Gasteiger charge is 2.38. The summed E-state index contributed by atoms with van der Waals surface area (Å²) in [5.74, 6) is 0. The zero-order chi connectivity index (χ0) is 23.4. The number of hydrogen-bond acceptors (Lipinski definition) is 1. The summed E-state index contributed by atoms with van der Waals surface area (Å²) in [5, 5.41) is 3.53. The van der Waals surface area contributed by atoms with Crippen molar-refractivity contribution in [1.82, 2.24) is 4.48 Å². The van der Waals surface area contributed by atoms with Crippen molar-refractivity contribution < 1.29 is 0 Å². The highest BCUT2D eigenvalue weighted by Crippen LogP contribution is 2.51. The van der Waals surface area contributed by atoms with E-state index in [0.29, 0.717) is 4.48 Å². The van der Waals surface area contributed by atoms with Crippen molar-refractivity contribution in [3.8, 4) is 0 Å². The minimum absolute atomic E-state index is 0.507. The van der Waals surface area contributed by atoms with Crippen LogP contribution in [0.3, 0.4) is 0 Å². The minimum atomic E-state index is 0.507. The first kappa shape index (κ1) is 21.7. The van der Waals surface area contributed by atoms with Gasteiger partial charge in [-0.3, -0.25) is 0 Å². The van der Waals surface area contributed by atoms with Gasteiger partial charge in [0.2, 0.25) is 0 Å². The van der Waals surface area contributed by atoms with Crippen molar-refractivity contribution in [2.24, 2.45) is 0 Å². The van der Waals surface area contributed by atoms with E-state index in [1.54, 1.807) is 0 Å². The fourth-order valence-electron chi connectivity index (χ4n) is 4.54. The van der Waals surface area contributed by atoms with Crippen molar-refractivity contribution >= 4 is 34.1 Å². The Labute approximate surface area is 202 Å². The van der Waals surface area contributed by atoms with Crippen LogP contribution in [0.5, 0.6) is 0 Å². The molecule has 0 saturated heterocycles. The van der Waals surface area contributed by atoms with E-state index < -0.39 is 0 Å². The lowest BCUT2D eigenvalue weighted by Gasteiger charge is -2.37. The molecule has 0 atom stereocenters. The number of anilines is 2. The van der Waals surface area contributed by atoms with Crippen LogP contribution < -0.4 is 9.80 Å². The number of nitrogens with zero attached hydrogens (tertiary/aromatic N) is 1. The second kappa shape index (κ2) is 9.38. The van der Waals surface area contributed by atoms with Gasteiger partial charge in [0.25, 0.3) is 0 Å². The first-order valence-corrected chi connectivity index (χ1v) is 11.7. The van der Waals surface area contributed by atoms with Crippen molar-refractivity contribution in [2.75, 3.05) is 5.32 Å². The van der Waals surface area contributed by atoms with E-state index in [2.05, 4.69) is 153 Å². The Morgan fingerprint density at radius 2 is 0.706 bits per heavy atom. The van der Waals surface area contributed by atoms with E-state index in [4.69, 9.17) is 0 Å². The molecule has 0 amide bonds. The summed E-state index contributed by atoms with van der Waals surface area (Å²) in [7, 11) is 0. The van der Waals surface area contributed by atoms with Crippen LogP contribution in [0.4, 0.5) is 34.1 Å². The van der Waals surface area contributed by atoms with Crippen LogP contribution in [0, 0.1) is 13.8 Å². The lowest BCUT2D eigenvalue weighted by molar-refractivity contribution is 0.703. The average Bonchev–Trinajstić information content (AvgIpc) is 2.89. The molecule has 0 saturated carbocycles. The van der Waals surface area contributed by atoms with E-state index in [0.717, 1.165) is 11.4 Å². The number of para-hydroxylation sites is 2. The zero-order valence-corrected chi connectivity index (χ0v) is 19.6. The third kappa shape index (κ3) is 4.12. The second-order valence-electron chi connectivity index (χ2n) is 8.72. The molecule has 0 unspecified atom stereocenters. The summed E-state index contributed by atoms with van der Waals surface area (Å²) >= 11 is 0. The van der Waals surface area contributed by atoms with Crippen molar-refractivity contribution in [2.45, 2.75) is 13.8 Å². The highest BCUT2D eigenvalue weighted by molar-refractivity contribution is 5.82. The zero-order valence-electron chi connectivity index (χ0n) is 19.6. The molecular weight excluding hydrogens is 412 g/mol. The summed E-state index contributed by atoms with van der Waals surface area (Å²) in [6.45, 7) is 4.24. The van der Waals surface area contributed by atoms with E-state index in [1.807, 2.05) is 0 Å². The fraction of sp³-hybridized carbons (Fsp3) is 0.0625. The van der Waals surface area contributed by atoms with Gasteiger partial charge in [-0.25, -0.2) is 0 Å². The normalized spacial score (nSPS) is 11.2. The van der Waals surface area contributed by atoms with E-state index in [9.17, 15) is 0 Å². The highest BCUT2D eigenvalue weighted by atomic mass is 15.4. The number of rotatable bonds is 6. The summed E-state index contributed by atoms with van der Waals surface area (Å²) in [6, 6.07) is 47.6. The van der Waals surface area contributed by atoms with Crippen LogP contribution in [0.1, 0.15) is 11.1 Å². The van der Waals surface area contributed by atoms with Crippen molar-refractivity contribution in [3.63, 3.8) is 0 Å². The molecule has 0 aliphatic carbocycles. The lowest BCUT2D eigenvalue weighted by Crippen LogP contribution is -2.33. The molecule has 1 N–H and O–H groups in total. The molecule has 0 aromatic heterocycles. The molecule has 34 heavy (non-hydrogen) atoms. The van der Waals surface area contributed by atoms with Gasteiger partial charge in [0.05, 0.1) is 0 Å². The first-order chi connectivity index (χ1) is 16.7. The second-order valence-corrected chi connectivity index (χ2v) is 8.72. The Balaban J connectivity index is 1.68. The van der Waals surface area contributed by atoms with Gasteiger partial charge < -0.3 is 5.32 Å². The van der Waals surface area contributed by atoms with Crippen molar-refractivity contribution in [1.29, 1.82) is 0 Å². The monoisotopic (exact) mass is 441 g/mol. The third-order valence-electron chi connectivity index (χ3n) is 6.30. The number of benzene rings is 5. The Hall–Kier alpha value is -4.14. The summed E-state index contributed by atoms with van der Waals surface area (Å²) in [6.07, 6.45) is 0. The van der Waals surface area contributed by atoms with Gasteiger partial charge >= 0.3 is 0 Å². The number of aryl methyl sites for hydroxylation is 2. The Morgan fingerprint density at radius 1 is 0.382 bits per heavy atom. The van der Waals surface area contributed by atoms with Crippen LogP contribution in [-0.2, 0) is 0 Å². The topological polar surface area (TPSA) is 12.0 Å². The Bertz CT molecular complexity index is 1300. The van der Waals surface area contributed by atoms with Gasteiger partial charge in [-0.05, 0) is 38.1 Å². The van der Waals surface area contributed by atoms with Crippen LogP contribution in [0.25, 0.3) is 0 Å². The molecule has 2 heteroatoms. The van der Waals surface area contributed by atoms with Gasteiger partial charge in [0, 0.05) is 59.9 Å². The third-order valence-corrected chi connectivity index (χ3v) is 6.30. The van der Waals surface area contributed by atoms with E-state index in [1.165, 1.54) is 33.9 Å². The minimum Gasteiger partial charge on any atom is -0.356 e. The molecule has 2 nitrogen and oxygen atoms in total. The van der Waals surface area contributed by atoms with Crippen LogP contribution in [0.15, 0.2) is 133 Å². The maximum Gasteiger partial charge on any atom is 0.148 e. The van der Waals surface area contributed by atoms with Gasteiger partial charge in [-0.15, -0.1) is 0 Å².